The van der Waals surface area contributed by atoms with Crippen LogP contribution >= 0.6 is 50.3 Å². The van der Waals surface area contributed by atoms with Gasteiger partial charge >= 0.3 is 5.97 Å². The Balaban J connectivity index is 1.45. The predicted octanol–water partition coefficient (Wildman–Crippen LogP) is 5.96. The van der Waals surface area contributed by atoms with Gasteiger partial charge in [0.25, 0.3) is 11.1 Å². The van der Waals surface area contributed by atoms with Gasteiger partial charge in [-0.25, -0.2) is 4.79 Å². The summed E-state index contributed by atoms with van der Waals surface area (Å²) in [6, 6.07) is 18.7. The fourth-order valence-corrected chi connectivity index (χ4v) is 4.89. The average molecular weight is 693 g/mol. The molecule has 0 aromatic heterocycles. The van der Waals surface area contributed by atoms with Crippen molar-refractivity contribution in [1.82, 2.24) is 4.90 Å². The number of anilines is 1. The number of amides is 3. The highest BCUT2D eigenvalue weighted by molar-refractivity contribution is 14.1. The van der Waals surface area contributed by atoms with E-state index in [-0.39, 0.29) is 16.4 Å². The average Bonchev–Trinajstić information content (AvgIpc) is 3.13. The van der Waals surface area contributed by atoms with Gasteiger partial charge in [-0.05, 0) is 101 Å². The van der Waals surface area contributed by atoms with E-state index in [0.717, 1.165) is 24.7 Å². The molecule has 1 saturated heterocycles. The molecule has 11 heteroatoms. The van der Waals surface area contributed by atoms with Gasteiger partial charge in [0.1, 0.15) is 6.54 Å². The standard InChI is InChI=1S/C26H18BrIN2O6S/c1-35-21-11-15(5-10-20(21)36-25(33)16-3-2-4-17(27)13-16)12-22-24(32)30(26(34)37-22)14-23(31)29-19-8-6-18(28)7-9-19/h2-13H,14H2,1H3,(H,29,31)/b22-12-. The number of hydrogen-bond donors (Lipinski definition) is 1. The van der Waals surface area contributed by atoms with Crippen LogP contribution in [-0.4, -0.2) is 41.6 Å². The third kappa shape index (κ3) is 6.79. The molecule has 37 heavy (non-hydrogen) atoms. The number of hydrogen-bond acceptors (Lipinski definition) is 7. The first kappa shape index (κ1) is 26.9. The van der Waals surface area contributed by atoms with E-state index in [9.17, 15) is 19.2 Å². The van der Waals surface area contributed by atoms with Crippen molar-refractivity contribution < 1.29 is 28.7 Å². The molecule has 4 rings (SSSR count). The molecular formula is C26H18BrIN2O6S. The van der Waals surface area contributed by atoms with Gasteiger partial charge in [-0.3, -0.25) is 19.3 Å². The Morgan fingerprint density at radius 3 is 2.51 bits per heavy atom. The molecule has 1 aliphatic rings. The summed E-state index contributed by atoms with van der Waals surface area (Å²) in [4.78, 5) is 51.2. The second kappa shape index (κ2) is 11.9. The number of thioether (sulfide) groups is 1. The first-order chi connectivity index (χ1) is 17.7. The van der Waals surface area contributed by atoms with Crippen molar-refractivity contribution in [1.29, 1.82) is 0 Å². The SMILES string of the molecule is COc1cc(/C=C2\SC(=O)N(CC(=O)Nc3ccc(I)cc3)C2=O)ccc1OC(=O)c1cccc(Br)c1. The Morgan fingerprint density at radius 2 is 1.81 bits per heavy atom. The number of methoxy groups -OCH3 is 1. The Bertz CT molecular complexity index is 1430. The molecule has 0 atom stereocenters. The molecule has 0 unspecified atom stereocenters. The number of ether oxygens (including phenoxy) is 2. The van der Waals surface area contributed by atoms with E-state index >= 15 is 0 Å². The largest absolute Gasteiger partial charge is 0.493 e. The fraction of sp³-hybridized carbons (Fsp3) is 0.0769. The number of imide groups is 1. The smallest absolute Gasteiger partial charge is 0.343 e. The summed E-state index contributed by atoms with van der Waals surface area (Å²) in [7, 11) is 1.43. The zero-order valence-corrected chi connectivity index (χ0v) is 23.8. The summed E-state index contributed by atoms with van der Waals surface area (Å²) in [6.45, 7) is -0.401. The van der Waals surface area contributed by atoms with E-state index in [0.29, 0.717) is 16.8 Å². The molecule has 1 aliphatic heterocycles. The second-order valence-electron chi connectivity index (χ2n) is 7.63. The number of nitrogens with zero attached hydrogens (tertiary/aromatic N) is 1. The third-order valence-corrected chi connectivity index (χ3v) is 7.17. The summed E-state index contributed by atoms with van der Waals surface area (Å²) in [5, 5.41) is 2.13. The molecule has 0 spiro atoms. The number of nitrogens with one attached hydrogen (secondary N) is 1. The predicted molar refractivity (Wildman–Crippen MR) is 153 cm³/mol. The minimum absolute atomic E-state index is 0.160. The lowest BCUT2D eigenvalue weighted by Crippen LogP contribution is -2.36. The Kier molecular flexibility index (Phi) is 8.67. The molecule has 8 nitrogen and oxygen atoms in total. The molecule has 1 fully saturated rings. The van der Waals surface area contributed by atoms with Crippen LogP contribution in [0.4, 0.5) is 10.5 Å². The summed E-state index contributed by atoms with van der Waals surface area (Å²) in [5.41, 5.74) is 1.48. The number of halogens is 2. The van der Waals surface area contributed by atoms with Crippen molar-refractivity contribution in [2.24, 2.45) is 0 Å². The summed E-state index contributed by atoms with van der Waals surface area (Å²) in [5.74, 6) is -1.14. The third-order valence-electron chi connectivity index (χ3n) is 5.05. The Morgan fingerprint density at radius 1 is 1.05 bits per heavy atom. The zero-order chi connectivity index (χ0) is 26.5. The van der Waals surface area contributed by atoms with Crippen LogP contribution in [0.3, 0.4) is 0 Å². The zero-order valence-electron chi connectivity index (χ0n) is 19.2. The van der Waals surface area contributed by atoms with Crippen molar-refractivity contribution in [2.45, 2.75) is 0 Å². The van der Waals surface area contributed by atoms with Gasteiger partial charge in [0.05, 0.1) is 17.6 Å². The number of esters is 1. The lowest BCUT2D eigenvalue weighted by molar-refractivity contribution is -0.127. The maximum atomic E-state index is 12.8. The molecule has 3 amide bonds. The monoisotopic (exact) mass is 692 g/mol. The second-order valence-corrected chi connectivity index (χ2v) is 10.8. The maximum absolute atomic E-state index is 12.8. The van der Waals surface area contributed by atoms with Gasteiger partial charge in [0.15, 0.2) is 11.5 Å². The summed E-state index contributed by atoms with van der Waals surface area (Å²) >= 11 is 6.21. The molecular weight excluding hydrogens is 675 g/mol. The first-order valence-electron chi connectivity index (χ1n) is 10.7. The van der Waals surface area contributed by atoms with Crippen LogP contribution < -0.4 is 14.8 Å². The van der Waals surface area contributed by atoms with Crippen molar-refractivity contribution in [3.05, 3.63) is 90.8 Å². The Hall–Kier alpha value is -3.16. The minimum atomic E-state index is -0.572. The van der Waals surface area contributed by atoms with Gasteiger partial charge in [0, 0.05) is 13.7 Å². The van der Waals surface area contributed by atoms with Crippen molar-refractivity contribution in [2.75, 3.05) is 19.0 Å². The Labute approximate surface area is 238 Å². The molecule has 0 radical (unpaired) electrons. The number of carbonyl (C=O) groups is 4. The molecule has 0 bridgehead atoms. The molecule has 0 aliphatic carbocycles. The first-order valence-corrected chi connectivity index (χ1v) is 13.4. The van der Waals surface area contributed by atoms with Crippen LogP contribution in [0, 0.1) is 3.57 Å². The van der Waals surface area contributed by atoms with E-state index in [1.165, 1.54) is 13.2 Å². The number of benzene rings is 3. The molecule has 3 aromatic rings. The molecule has 3 aromatic carbocycles. The summed E-state index contributed by atoms with van der Waals surface area (Å²) < 4.78 is 12.6. The van der Waals surface area contributed by atoms with Gasteiger partial charge in [-0.2, -0.15) is 0 Å². The summed E-state index contributed by atoms with van der Waals surface area (Å²) in [6.07, 6.45) is 1.52. The molecule has 188 valence electrons. The van der Waals surface area contributed by atoms with E-state index in [4.69, 9.17) is 9.47 Å². The normalized spacial score (nSPS) is 14.1. The topological polar surface area (TPSA) is 102 Å². The maximum Gasteiger partial charge on any atom is 0.343 e. The molecule has 1 heterocycles. The van der Waals surface area contributed by atoms with Gasteiger partial charge in [-0.1, -0.05) is 28.1 Å². The van der Waals surface area contributed by atoms with Crippen LogP contribution in [-0.2, 0) is 9.59 Å². The van der Waals surface area contributed by atoms with E-state index < -0.39 is 29.6 Å². The number of carbonyl (C=O) groups excluding carboxylic acids is 4. The lowest BCUT2D eigenvalue weighted by Gasteiger charge is -2.12. The van der Waals surface area contributed by atoms with Crippen molar-refractivity contribution >= 4 is 85.1 Å². The molecule has 1 N–H and O–H groups in total. The van der Waals surface area contributed by atoms with E-state index in [2.05, 4.69) is 43.8 Å². The quantitative estimate of drug-likeness (QED) is 0.141. The van der Waals surface area contributed by atoms with Crippen LogP contribution in [0.1, 0.15) is 15.9 Å². The lowest BCUT2D eigenvalue weighted by atomic mass is 10.1. The van der Waals surface area contributed by atoms with Crippen molar-refractivity contribution in [3.8, 4) is 11.5 Å². The van der Waals surface area contributed by atoms with Crippen LogP contribution in [0.15, 0.2) is 76.1 Å². The van der Waals surface area contributed by atoms with Gasteiger partial charge in [0.2, 0.25) is 5.91 Å². The highest BCUT2D eigenvalue weighted by atomic mass is 127. The van der Waals surface area contributed by atoms with Gasteiger partial charge < -0.3 is 14.8 Å². The molecule has 0 saturated carbocycles. The van der Waals surface area contributed by atoms with Crippen LogP contribution in [0.25, 0.3) is 6.08 Å². The van der Waals surface area contributed by atoms with Crippen molar-refractivity contribution in [3.63, 3.8) is 0 Å². The minimum Gasteiger partial charge on any atom is -0.493 e. The van der Waals surface area contributed by atoms with Crippen LogP contribution in [0.2, 0.25) is 0 Å². The highest BCUT2D eigenvalue weighted by Gasteiger charge is 2.36. The van der Waals surface area contributed by atoms with Crippen LogP contribution in [0.5, 0.6) is 11.5 Å². The van der Waals surface area contributed by atoms with Gasteiger partial charge in [-0.15, -0.1) is 0 Å². The number of rotatable bonds is 7. The highest BCUT2D eigenvalue weighted by Crippen LogP contribution is 2.35. The van der Waals surface area contributed by atoms with E-state index in [1.54, 1.807) is 54.6 Å². The fourth-order valence-electron chi connectivity index (χ4n) is 3.30. The van der Waals surface area contributed by atoms with E-state index in [1.807, 2.05) is 12.1 Å².